The summed E-state index contributed by atoms with van der Waals surface area (Å²) in [6.45, 7) is 8.16. The van der Waals surface area contributed by atoms with Crippen molar-refractivity contribution in [3.05, 3.63) is 29.3 Å². The van der Waals surface area contributed by atoms with Gasteiger partial charge in [-0.3, -0.25) is 0 Å². The molecule has 17 heavy (non-hydrogen) atoms. The minimum absolute atomic E-state index is 0.795. The highest BCUT2D eigenvalue weighted by molar-refractivity contribution is 5.56. The van der Waals surface area contributed by atoms with Crippen molar-refractivity contribution in [2.45, 2.75) is 46.5 Å². The molecule has 1 heteroatoms. The average Bonchev–Trinajstić information content (AvgIpc) is 2.28. The van der Waals surface area contributed by atoms with E-state index in [1.807, 2.05) is 0 Å². The molecule has 1 aromatic rings. The number of rotatable bonds is 4. The Morgan fingerprint density at radius 2 is 2.06 bits per heavy atom. The Morgan fingerprint density at radius 3 is 2.82 bits per heavy atom. The molecule has 94 valence electrons. The molecule has 1 unspecified atom stereocenters. The summed E-state index contributed by atoms with van der Waals surface area (Å²) >= 11 is 0. The smallest absolute Gasteiger partial charge is 0.0375 e. The highest BCUT2D eigenvalue weighted by Crippen LogP contribution is 2.28. The van der Waals surface area contributed by atoms with Crippen LogP contribution in [-0.4, -0.2) is 6.54 Å². The topological polar surface area (TPSA) is 12.0 Å². The summed E-state index contributed by atoms with van der Waals surface area (Å²) < 4.78 is 0. The summed E-state index contributed by atoms with van der Waals surface area (Å²) in [6, 6.07) is 6.75. The van der Waals surface area contributed by atoms with E-state index in [0.29, 0.717) is 0 Å². The zero-order valence-corrected chi connectivity index (χ0v) is 11.4. The predicted octanol–water partition coefficient (Wildman–Crippen LogP) is 4.27. The molecule has 0 aromatic heterocycles. The van der Waals surface area contributed by atoms with Crippen LogP contribution in [0.3, 0.4) is 0 Å². The first-order chi connectivity index (χ1) is 8.16. The Hall–Kier alpha value is -0.980. The van der Waals surface area contributed by atoms with Crippen LogP contribution < -0.4 is 5.32 Å². The van der Waals surface area contributed by atoms with Crippen LogP contribution in [0.2, 0.25) is 0 Å². The lowest BCUT2D eigenvalue weighted by Gasteiger charge is -2.23. The van der Waals surface area contributed by atoms with Gasteiger partial charge in [-0.25, -0.2) is 0 Å². The Morgan fingerprint density at radius 1 is 1.24 bits per heavy atom. The molecular formula is C16H25N. The number of nitrogens with one attached hydrogen (secondary N) is 1. The quantitative estimate of drug-likeness (QED) is 0.816. The molecule has 1 aliphatic heterocycles. The van der Waals surface area contributed by atoms with Gasteiger partial charge in [-0.05, 0) is 54.7 Å². The summed E-state index contributed by atoms with van der Waals surface area (Å²) in [4.78, 5) is 0. The van der Waals surface area contributed by atoms with Crippen molar-refractivity contribution in [2.75, 3.05) is 11.9 Å². The Labute approximate surface area is 106 Å². The van der Waals surface area contributed by atoms with Gasteiger partial charge in [0.05, 0.1) is 0 Å². The molecule has 1 heterocycles. The number of hydrogen-bond acceptors (Lipinski definition) is 1. The van der Waals surface area contributed by atoms with Crippen molar-refractivity contribution in [1.82, 2.24) is 0 Å². The van der Waals surface area contributed by atoms with Gasteiger partial charge in [-0.15, -0.1) is 0 Å². The molecular weight excluding hydrogens is 206 g/mol. The van der Waals surface area contributed by atoms with E-state index >= 15 is 0 Å². The van der Waals surface area contributed by atoms with Crippen molar-refractivity contribution in [3.63, 3.8) is 0 Å². The fourth-order valence-corrected chi connectivity index (χ4v) is 3.04. The normalized spacial score (nSPS) is 16.5. The van der Waals surface area contributed by atoms with E-state index in [4.69, 9.17) is 0 Å². The van der Waals surface area contributed by atoms with Crippen molar-refractivity contribution < 1.29 is 0 Å². The monoisotopic (exact) mass is 231 g/mol. The highest BCUT2D eigenvalue weighted by Gasteiger charge is 2.14. The largest absolute Gasteiger partial charge is 0.385 e. The minimum atomic E-state index is 0.795. The van der Waals surface area contributed by atoms with Crippen LogP contribution in [0, 0.1) is 11.8 Å². The van der Waals surface area contributed by atoms with Crippen LogP contribution in [0.5, 0.6) is 0 Å². The van der Waals surface area contributed by atoms with Crippen LogP contribution in [0.4, 0.5) is 5.69 Å². The van der Waals surface area contributed by atoms with E-state index in [9.17, 15) is 0 Å². The second-order valence-electron chi connectivity index (χ2n) is 5.91. The minimum Gasteiger partial charge on any atom is -0.385 e. The predicted molar refractivity (Wildman–Crippen MR) is 75.6 cm³/mol. The van der Waals surface area contributed by atoms with Gasteiger partial charge in [0.2, 0.25) is 0 Å². The van der Waals surface area contributed by atoms with Gasteiger partial charge in [0.15, 0.2) is 0 Å². The maximum Gasteiger partial charge on any atom is 0.0375 e. The Balaban J connectivity index is 2.10. The SMILES string of the molecule is CC(C)CC(C)Cc1cccc2c1CCCN2. The molecule has 1 aromatic carbocycles. The molecule has 0 amide bonds. The molecule has 2 rings (SSSR count). The summed E-state index contributed by atoms with van der Waals surface area (Å²) in [6.07, 6.45) is 5.11. The third-order valence-corrected chi connectivity index (χ3v) is 3.63. The first kappa shape index (κ1) is 12.5. The summed E-state index contributed by atoms with van der Waals surface area (Å²) in [5.74, 6) is 1.60. The average molecular weight is 231 g/mol. The van der Waals surface area contributed by atoms with Gasteiger partial charge in [-0.2, -0.15) is 0 Å². The van der Waals surface area contributed by atoms with Crippen LogP contribution in [0.15, 0.2) is 18.2 Å². The van der Waals surface area contributed by atoms with Crippen LogP contribution in [0.1, 0.15) is 44.7 Å². The summed E-state index contributed by atoms with van der Waals surface area (Å²) in [5.41, 5.74) is 4.53. The zero-order chi connectivity index (χ0) is 12.3. The molecule has 0 saturated heterocycles. The molecule has 1 atom stereocenters. The van der Waals surface area contributed by atoms with Crippen LogP contribution in [0.25, 0.3) is 0 Å². The van der Waals surface area contributed by atoms with E-state index < -0.39 is 0 Å². The molecule has 0 fully saturated rings. The van der Waals surface area contributed by atoms with Crippen LogP contribution >= 0.6 is 0 Å². The molecule has 0 aliphatic carbocycles. The van der Waals surface area contributed by atoms with Gasteiger partial charge in [0.25, 0.3) is 0 Å². The standard InChI is InChI=1S/C16H25N/c1-12(2)10-13(3)11-14-6-4-8-16-15(14)7-5-9-17-16/h4,6,8,12-13,17H,5,7,9-11H2,1-3H3. The second-order valence-corrected chi connectivity index (χ2v) is 5.91. The third kappa shape index (κ3) is 3.24. The Kier molecular flexibility index (Phi) is 4.09. The lowest BCUT2D eigenvalue weighted by molar-refractivity contribution is 0.436. The fraction of sp³-hybridized carbons (Fsp3) is 0.625. The van der Waals surface area contributed by atoms with E-state index in [1.54, 1.807) is 11.1 Å². The van der Waals surface area contributed by atoms with Crippen LogP contribution in [-0.2, 0) is 12.8 Å². The summed E-state index contributed by atoms with van der Waals surface area (Å²) in [5, 5.41) is 3.52. The molecule has 0 saturated carbocycles. The van der Waals surface area contributed by atoms with Gasteiger partial charge in [0.1, 0.15) is 0 Å². The van der Waals surface area contributed by atoms with Gasteiger partial charge < -0.3 is 5.32 Å². The maximum absolute atomic E-state index is 3.52. The van der Waals surface area contributed by atoms with Gasteiger partial charge in [-0.1, -0.05) is 32.9 Å². The van der Waals surface area contributed by atoms with Crippen molar-refractivity contribution in [1.29, 1.82) is 0 Å². The lowest BCUT2D eigenvalue weighted by atomic mass is 9.88. The molecule has 1 nitrogen and oxygen atoms in total. The fourth-order valence-electron chi connectivity index (χ4n) is 3.04. The second kappa shape index (κ2) is 5.57. The van der Waals surface area contributed by atoms with E-state index in [2.05, 4.69) is 44.3 Å². The maximum atomic E-state index is 3.52. The lowest BCUT2D eigenvalue weighted by Crippen LogP contribution is -2.15. The molecule has 1 N–H and O–H groups in total. The number of benzene rings is 1. The Bertz CT molecular complexity index is 368. The molecule has 1 aliphatic rings. The first-order valence-electron chi connectivity index (χ1n) is 7.01. The summed E-state index contributed by atoms with van der Waals surface area (Å²) in [7, 11) is 0. The highest BCUT2D eigenvalue weighted by atomic mass is 14.9. The van der Waals surface area contributed by atoms with E-state index in [0.717, 1.165) is 18.4 Å². The van der Waals surface area contributed by atoms with E-state index in [1.165, 1.54) is 31.4 Å². The van der Waals surface area contributed by atoms with E-state index in [-0.39, 0.29) is 0 Å². The third-order valence-electron chi connectivity index (χ3n) is 3.63. The van der Waals surface area contributed by atoms with Gasteiger partial charge in [0, 0.05) is 12.2 Å². The molecule has 0 spiro atoms. The van der Waals surface area contributed by atoms with Crippen molar-refractivity contribution in [3.8, 4) is 0 Å². The first-order valence-corrected chi connectivity index (χ1v) is 7.01. The number of anilines is 1. The molecule has 0 radical (unpaired) electrons. The van der Waals surface area contributed by atoms with Crippen molar-refractivity contribution in [2.24, 2.45) is 11.8 Å². The van der Waals surface area contributed by atoms with Crippen molar-refractivity contribution >= 4 is 5.69 Å². The molecule has 0 bridgehead atoms. The zero-order valence-electron chi connectivity index (χ0n) is 11.4. The number of fused-ring (bicyclic) bond motifs is 1. The number of hydrogen-bond donors (Lipinski definition) is 1. The van der Waals surface area contributed by atoms with Gasteiger partial charge >= 0.3 is 0 Å².